The maximum Gasteiger partial charge on any atom is 0.322 e. The zero-order chi connectivity index (χ0) is 15.5. The van der Waals surface area contributed by atoms with E-state index in [0.29, 0.717) is 5.95 Å². The van der Waals surface area contributed by atoms with E-state index in [1.54, 1.807) is 7.11 Å². The summed E-state index contributed by atoms with van der Waals surface area (Å²) in [6.07, 6.45) is 0. The highest BCUT2D eigenvalue weighted by Gasteiger charge is 2.15. The quantitative estimate of drug-likeness (QED) is 0.575. The van der Waals surface area contributed by atoms with Crippen molar-refractivity contribution in [3.05, 3.63) is 18.2 Å². The second-order valence-corrected chi connectivity index (χ2v) is 5.53. The number of carbonyl (C=O) groups is 1. The van der Waals surface area contributed by atoms with Crippen LogP contribution in [0.3, 0.4) is 0 Å². The molecule has 0 bridgehead atoms. The number of carbonyl (C=O) groups excluding carboxylic acids is 1. The molecule has 0 amide bonds. The van der Waals surface area contributed by atoms with Crippen molar-refractivity contribution in [2.75, 3.05) is 19.1 Å². The van der Waals surface area contributed by atoms with Crippen LogP contribution in [0.5, 0.6) is 5.75 Å². The molecular formula is C14H20N4O3. The number of fused-ring (bicyclic) bond motifs is 1. The molecule has 7 nitrogen and oxygen atoms in total. The highest BCUT2D eigenvalue weighted by molar-refractivity contribution is 5.79. The molecule has 0 saturated carbocycles. The van der Waals surface area contributed by atoms with Gasteiger partial charge >= 0.3 is 5.97 Å². The van der Waals surface area contributed by atoms with Gasteiger partial charge in [0.05, 0.1) is 18.1 Å². The highest BCUT2D eigenvalue weighted by Crippen LogP contribution is 2.19. The zero-order valence-electron chi connectivity index (χ0n) is 12.6. The lowest BCUT2D eigenvalue weighted by Gasteiger charge is -2.19. The van der Waals surface area contributed by atoms with E-state index in [0.717, 1.165) is 16.8 Å². The van der Waals surface area contributed by atoms with Crippen LogP contribution in [0.1, 0.15) is 20.8 Å². The van der Waals surface area contributed by atoms with Gasteiger partial charge in [-0.15, -0.1) is 0 Å². The summed E-state index contributed by atoms with van der Waals surface area (Å²) >= 11 is 0. The van der Waals surface area contributed by atoms with Gasteiger partial charge in [0.2, 0.25) is 5.95 Å². The average molecular weight is 292 g/mol. The van der Waals surface area contributed by atoms with Gasteiger partial charge in [0.15, 0.2) is 0 Å². The fourth-order valence-corrected chi connectivity index (χ4v) is 1.75. The minimum atomic E-state index is -0.491. The van der Waals surface area contributed by atoms with Crippen LogP contribution >= 0.6 is 0 Å². The van der Waals surface area contributed by atoms with Gasteiger partial charge in [0, 0.05) is 6.07 Å². The van der Waals surface area contributed by atoms with Crippen molar-refractivity contribution in [1.82, 2.24) is 15.4 Å². The van der Waals surface area contributed by atoms with Gasteiger partial charge in [-0.3, -0.25) is 10.2 Å². The number of nitrogens with zero attached hydrogens (tertiary/aromatic N) is 1. The Morgan fingerprint density at radius 2 is 2.14 bits per heavy atom. The molecule has 0 aliphatic heterocycles. The monoisotopic (exact) mass is 292 g/mol. The average Bonchev–Trinajstić information content (AvgIpc) is 2.77. The number of anilines is 1. The molecule has 1 aromatic carbocycles. The molecule has 0 aliphatic rings. The number of esters is 1. The lowest BCUT2D eigenvalue weighted by atomic mass is 10.2. The van der Waals surface area contributed by atoms with E-state index >= 15 is 0 Å². The van der Waals surface area contributed by atoms with Gasteiger partial charge in [-0.1, -0.05) is 0 Å². The van der Waals surface area contributed by atoms with Gasteiger partial charge in [-0.25, -0.2) is 10.4 Å². The molecule has 1 aromatic heterocycles. The third-order valence-corrected chi connectivity index (χ3v) is 2.55. The van der Waals surface area contributed by atoms with Crippen molar-refractivity contribution in [3.8, 4) is 5.75 Å². The SMILES string of the molecule is COc1ccc2nc(NNCC(=O)OC(C)(C)C)[nH]c2c1. The van der Waals surface area contributed by atoms with Gasteiger partial charge in [0.25, 0.3) is 0 Å². The van der Waals surface area contributed by atoms with Gasteiger partial charge in [0.1, 0.15) is 17.9 Å². The minimum absolute atomic E-state index is 0.0393. The largest absolute Gasteiger partial charge is 0.497 e. The van der Waals surface area contributed by atoms with Crippen LogP contribution in [0.25, 0.3) is 11.0 Å². The number of aromatic nitrogens is 2. The number of H-pyrrole nitrogens is 1. The van der Waals surface area contributed by atoms with E-state index < -0.39 is 5.60 Å². The number of hydrogen-bond acceptors (Lipinski definition) is 6. The Hall–Kier alpha value is -2.28. The topological polar surface area (TPSA) is 88.3 Å². The van der Waals surface area contributed by atoms with Gasteiger partial charge < -0.3 is 14.5 Å². The van der Waals surface area contributed by atoms with Crippen molar-refractivity contribution >= 4 is 23.0 Å². The number of hydrazine groups is 1. The third-order valence-electron chi connectivity index (χ3n) is 2.55. The molecule has 0 fully saturated rings. The van der Waals surface area contributed by atoms with E-state index in [2.05, 4.69) is 20.8 Å². The van der Waals surface area contributed by atoms with Crippen LogP contribution in [-0.2, 0) is 9.53 Å². The Morgan fingerprint density at radius 1 is 1.38 bits per heavy atom. The van der Waals surface area contributed by atoms with E-state index in [-0.39, 0.29) is 12.5 Å². The maximum atomic E-state index is 11.5. The van der Waals surface area contributed by atoms with Gasteiger partial charge in [-0.05, 0) is 32.9 Å². The third kappa shape index (κ3) is 4.35. The number of ether oxygens (including phenoxy) is 2. The van der Waals surface area contributed by atoms with Crippen LogP contribution in [0.2, 0.25) is 0 Å². The van der Waals surface area contributed by atoms with Crippen LogP contribution in [-0.4, -0.2) is 35.2 Å². The first-order chi connectivity index (χ1) is 9.87. The molecule has 0 radical (unpaired) electrons. The summed E-state index contributed by atoms with van der Waals surface area (Å²) in [4.78, 5) is 18.9. The van der Waals surface area contributed by atoms with E-state index in [1.807, 2.05) is 39.0 Å². The van der Waals surface area contributed by atoms with E-state index in [9.17, 15) is 4.79 Å². The minimum Gasteiger partial charge on any atom is -0.497 e. The first-order valence-electron chi connectivity index (χ1n) is 6.62. The smallest absolute Gasteiger partial charge is 0.322 e. The summed E-state index contributed by atoms with van der Waals surface area (Å²) in [6.45, 7) is 5.51. The molecular weight excluding hydrogens is 272 g/mol. The molecule has 2 rings (SSSR count). The van der Waals surface area contributed by atoms with Crippen molar-refractivity contribution in [3.63, 3.8) is 0 Å². The molecule has 0 aliphatic carbocycles. The lowest BCUT2D eigenvalue weighted by molar-refractivity contribution is -0.153. The Morgan fingerprint density at radius 3 is 2.81 bits per heavy atom. The fraction of sp³-hybridized carbons (Fsp3) is 0.429. The summed E-state index contributed by atoms with van der Waals surface area (Å²) in [5.74, 6) is 0.925. The number of rotatable bonds is 5. The molecule has 0 saturated heterocycles. The number of methoxy groups -OCH3 is 1. The molecule has 0 spiro atoms. The van der Waals surface area contributed by atoms with Gasteiger partial charge in [-0.2, -0.15) is 0 Å². The maximum absolute atomic E-state index is 11.5. The summed E-state index contributed by atoms with van der Waals surface area (Å²) in [7, 11) is 1.61. The van der Waals surface area contributed by atoms with E-state index in [1.165, 1.54) is 0 Å². The molecule has 7 heteroatoms. The lowest BCUT2D eigenvalue weighted by Crippen LogP contribution is -2.34. The Bertz CT molecular complexity index is 631. The molecule has 21 heavy (non-hydrogen) atoms. The van der Waals surface area contributed by atoms with Crippen molar-refractivity contribution in [2.24, 2.45) is 0 Å². The zero-order valence-corrected chi connectivity index (χ0v) is 12.6. The Kier molecular flexibility index (Phi) is 4.32. The number of imidazole rings is 1. The normalized spacial score (nSPS) is 11.4. The first-order valence-corrected chi connectivity index (χ1v) is 6.62. The first kappa shape index (κ1) is 15.1. The standard InChI is InChI=1S/C14H20N4O3/c1-14(2,3)21-12(19)8-15-18-13-16-10-6-5-9(20-4)7-11(10)17-13/h5-7,15H,8H2,1-4H3,(H2,16,17,18). The van der Waals surface area contributed by atoms with Crippen LogP contribution in [0, 0.1) is 0 Å². The summed E-state index contributed by atoms with van der Waals surface area (Å²) < 4.78 is 10.3. The van der Waals surface area contributed by atoms with Crippen molar-refractivity contribution < 1.29 is 14.3 Å². The van der Waals surface area contributed by atoms with Crippen LogP contribution in [0.4, 0.5) is 5.95 Å². The Labute approximate surface area is 123 Å². The second-order valence-electron chi connectivity index (χ2n) is 5.53. The fourth-order valence-electron chi connectivity index (χ4n) is 1.75. The molecule has 0 unspecified atom stereocenters. The summed E-state index contributed by atoms with van der Waals surface area (Å²) in [5, 5.41) is 0. The molecule has 3 N–H and O–H groups in total. The summed E-state index contributed by atoms with van der Waals surface area (Å²) in [5.41, 5.74) is 6.75. The number of nitrogens with one attached hydrogen (secondary N) is 3. The van der Waals surface area contributed by atoms with Crippen LogP contribution < -0.4 is 15.6 Å². The number of benzene rings is 1. The molecule has 0 atom stereocenters. The number of hydrogen-bond donors (Lipinski definition) is 3. The van der Waals surface area contributed by atoms with Crippen molar-refractivity contribution in [2.45, 2.75) is 26.4 Å². The Balaban J connectivity index is 1.90. The predicted molar refractivity (Wildman–Crippen MR) is 80.1 cm³/mol. The molecule has 1 heterocycles. The number of aromatic amines is 1. The molecule has 2 aromatic rings. The predicted octanol–water partition coefficient (Wildman–Crippen LogP) is 1.83. The van der Waals surface area contributed by atoms with E-state index in [4.69, 9.17) is 9.47 Å². The van der Waals surface area contributed by atoms with Crippen LogP contribution in [0.15, 0.2) is 18.2 Å². The highest BCUT2D eigenvalue weighted by atomic mass is 16.6. The summed E-state index contributed by atoms with van der Waals surface area (Å²) in [6, 6.07) is 5.53. The van der Waals surface area contributed by atoms with Crippen molar-refractivity contribution in [1.29, 1.82) is 0 Å². The second kappa shape index (κ2) is 6.01. The molecule has 114 valence electrons.